The predicted octanol–water partition coefficient (Wildman–Crippen LogP) is 0.893. The van der Waals surface area contributed by atoms with Crippen molar-refractivity contribution in [2.24, 2.45) is 19.3 Å². The molecule has 1 aromatic carbocycles. The zero-order chi connectivity index (χ0) is 24.2. The van der Waals surface area contributed by atoms with Crippen LogP contribution < -0.4 is 11.4 Å². The zero-order valence-corrected chi connectivity index (χ0v) is 19.8. The Hall–Kier alpha value is -2.64. The first-order chi connectivity index (χ1) is 14.7. The maximum Gasteiger partial charge on any atom is 0.338 e. The number of Topliss-reactive ketones (excluding diaryl/α,β-unsaturated/α-hetero) is 1. The summed E-state index contributed by atoms with van der Waals surface area (Å²) in [6.07, 6.45) is 0.762. The van der Waals surface area contributed by atoms with Crippen LogP contribution in [0, 0.1) is 10.6 Å². The molecule has 1 aliphatic rings. The van der Waals surface area contributed by atoms with Crippen LogP contribution in [0.1, 0.15) is 18.9 Å². The van der Waals surface area contributed by atoms with Crippen LogP contribution in [-0.4, -0.2) is 51.2 Å². The Balaban J connectivity index is 2.11. The highest BCUT2D eigenvalue weighted by Crippen LogP contribution is 2.32. The van der Waals surface area contributed by atoms with Gasteiger partial charge in [-0.05, 0) is 31.3 Å². The Morgan fingerprint density at radius 3 is 2.38 bits per heavy atom. The smallest absolute Gasteiger partial charge is 0.338 e. The Kier molecular flexibility index (Phi) is 6.04. The quantitative estimate of drug-likeness (QED) is 0.554. The summed E-state index contributed by atoms with van der Waals surface area (Å²) < 4.78 is 40.3. The monoisotopic (exact) mass is 504 g/mol. The normalized spacial score (nSPS) is 18.4. The summed E-state index contributed by atoms with van der Waals surface area (Å²) in [6, 6.07) is 2.04. The molecular weight excluding hydrogens is 487 g/mol. The number of nitrogens with zero attached hydrogens (tertiary/aromatic N) is 4. The molecule has 0 amide bonds. The summed E-state index contributed by atoms with van der Waals surface area (Å²) in [7, 11) is -0.928. The molecule has 172 valence electrons. The maximum atomic E-state index is 14.8. The van der Waals surface area contributed by atoms with Crippen molar-refractivity contribution in [1.29, 1.82) is 0 Å². The third kappa shape index (κ3) is 4.19. The fraction of sp³-hybridized carbons (Fsp3) is 0.389. The highest BCUT2D eigenvalue weighted by molar-refractivity contribution is 7.91. The molecule has 0 saturated heterocycles. The van der Waals surface area contributed by atoms with Gasteiger partial charge < -0.3 is 4.84 Å². The average molecular weight is 505 g/mol. The molecule has 1 aliphatic heterocycles. The number of rotatable bonds is 5. The minimum atomic E-state index is -3.60. The van der Waals surface area contributed by atoms with Gasteiger partial charge in [-0.2, -0.15) is 0 Å². The van der Waals surface area contributed by atoms with Crippen LogP contribution in [-0.2, 0) is 33.6 Å². The van der Waals surface area contributed by atoms with Gasteiger partial charge >= 0.3 is 11.4 Å². The van der Waals surface area contributed by atoms with Crippen molar-refractivity contribution in [3.05, 3.63) is 54.3 Å². The van der Waals surface area contributed by atoms with Gasteiger partial charge in [-0.25, -0.2) is 27.0 Å². The molecule has 14 heteroatoms. The molecule has 0 radical (unpaired) electrons. The summed E-state index contributed by atoms with van der Waals surface area (Å²) in [5, 5.41) is 3.72. The van der Waals surface area contributed by atoms with Crippen molar-refractivity contribution >= 4 is 45.2 Å². The lowest BCUT2D eigenvalue weighted by Crippen LogP contribution is -2.44. The second-order valence-corrected chi connectivity index (χ2v) is 10.5. The molecule has 0 N–H and O–H groups in total. The molecule has 3 rings (SSSR count). The number of oxime groups is 1. The number of sulfone groups is 1. The van der Waals surface area contributed by atoms with E-state index in [-0.39, 0.29) is 27.5 Å². The van der Waals surface area contributed by atoms with E-state index in [9.17, 15) is 27.2 Å². The molecule has 32 heavy (non-hydrogen) atoms. The highest BCUT2D eigenvalue weighted by atomic mass is 35.5. The van der Waals surface area contributed by atoms with E-state index in [1.165, 1.54) is 21.0 Å². The van der Waals surface area contributed by atoms with Crippen LogP contribution in [0.4, 0.5) is 4.39 Å². The summed E-state index contributed by atoms with van der Waals surface area (Å²) in [5.74, 6) is -2.41. The second kappa shape index (κ2) is 8.05. The molecule has 0 fully saturated rings. The number of carbonyl (C=O) groups is 1. The lowest BCUT2D eigenvalue weighted by Gasteiger charge is -2.19. The molecule has 1 unspecified atom stereocenters. The molecule has 10 nitrogen and oxygen atoms in total. The second-order valence-electron chi connectivity index (χ2n) is 7.61. The molecule has 0 aliphatic carbocycles. The first-order valence-corrected chi connectivity index (χ1v) is 11.9. The van der Waals surface area contributed by atoms with E-state index in [0.717, 1.165) is 27.5 Å². The van der Waals surface area contributed by atoms with E-state index in [2.05, 4.69) is 5.16 Å². The number of benzene rings is 1. The maximum absolute atomic E-state index is 14.8. The SMILES string of the molecule is Cn1c(=S)n(C)c(=O)n(-c2cc(C3=NOC(C)(C(=O)CS(C)(=O)=O)C3)c(Cl)cc2F)c1=O. The van der Waals surface area contributed by atoms with E-state index in [1.807, 2.05) is 0 Å². The van der Waals surface area contributed by atoms with E-state index in [0.29, 0.717) is 4.57 Å². The van der Waals surface area contributed by atoms with Crippen LogP contribution in [0.15, 0.2) is 26.9 Å². The Morgan fingerprint density at radius 2 is 1.84 bits per heavy atom. The Morgan fingerprint density at radius 1 is 1.28 bits per heavy atom. The number of hydrogen-bond donors (Lipinski definition) is 0. The van der Waals surface area contributed by atoms with Gasteiger partial charge in [-0.3, -0.25) is 13.9 Å². The van der Waals surface area contributed by atoms with E-state index >= 15 is 0 Å². The third-order valence-corrected chi connectivity index (χ3v) is 6.61. The van der Waals surface area contributed by atoms with Crippen LogP contribution in [0.5, 0.6) is 0 Å². The third-order valence-electron chi connectivity index (χ3n) is 4.96. The molecule has 0 saturated carbocycles. The number of carbonyl (C=O) groups excluding carboxylic acids is 1. The van der Waals surface area contributed by atoms with Crippen molar-refractivity contribution in [2.75, 3.05) is 12.0 Å². The van der Waals surface area contributed by atoms with Crippen LogP contribution in [0.3, 0.4) is 0 Å². The fourth-order valence-electron chi connectivity index (χ4n) is 3.13. The van der Waals surface area contributed by atoms with Crippen molar-refractivity contribution in [3.63, 3.8) is 0 Å². The van der Waals surface area contributed by atoms with Gasteiger partial charge in [0.25, 0.3) is 0 Å². The largest absolute Gasteiger partial charge is 0.381 e. The summed E-state index contributed by atoms with van der Waals surface area (Å²) in [5.41, 5.74) is -3.49. The highest BCUT2D eigenvalue weighted by Gasteiger charge is 2.43. The standard InChI is InChI=1S/C18H18ClFN4O6S2/c1-18(14(25)8-32(4,28)29)7-12(21-30-18)9-5-13(11(20)6-10(9)19)24-15(26)22(2)17(31)23(3)16(24)27/h5-6H,7-8H2,1-4H3. The van der Waals surface area contributed by atoms with Gasteiger partial charge in [0.05, 0.1) is 16.4 Å². The molecule has 0 bridgehead atoms. The average Bonchev–Trinajstić information content (AvgIpc) is 3.08. The lowest BCUT2D eigenvalue weighted by atomic mass is 9.92. The van der Waals surface area contributed by atoms with E-state index in [1.54, 1.807) is 0 Å². The van der Waals surface area contributed by atoms with Gasteiger partial charge in [-0.1, -0.05) is 16.8 Å². The van der Waals surface area contributed by atoms with Gasteiger partial charge in [0.15, 0.2) is 26.0 Å². The van der Waals surface area contributed by atoms with Crippen molar-refractivity contribution in [1.82, 2.24) is 13.7 Å². The van der Waals surface area contributed by atoms with Crippen LogP contribution >= 0.6 is 23.8 Å². The van der Waals surface area contributed by atoms with E-state index in [4.69, 9.17) is 28.7 Å². The number of aromatic nitrogens is 3. The minimum absolute atomic E-state index is 0.0560. The Bertz CT molecular complexity index is 1430. The van der Waals surface area contributed by atoms with Crippen molar-refractivity contribution < 1.29 is 22.4 Å². The fourth-order valence-corrected chi connectivity index (χ4v) is 4.33. The predicted molar refractivity (Wildman–Crippen MR) is 117 cm³/mol. The molecule has 2 heterocycles. The van der Waals surface area contributed by atoms with E-state index < -0.39 is 49.9 Å². The van der Waals surface area contributed by atoms with Crippen molar-refractivity contribution in [2.45, 2.75) is 18.9 Å². The number of hydrogen-bond acceptors (Lipinski definition) is 8. The van der Waals surface area contributed by atoms with Crippen LogP contribution in [0.25, 0.3) is 5.69 Å². The zero-order valence-electron chi connectivity index (χ0n) is 17.4. The Labute approximate surface area is 191 Å². The lowest BCUT2D eigenvalue weighted by molar-refractivity contribution is -0.136. The number of halogens is 2. The first-order valence-electron chi connectivity index (χ1n) is 9.01. The summed E-state index contributed by atoms with van der Waals surface area (Å²) >= 11 is 11.2. The first kappa shape index (κ1) is 24.0. The molecular formula is C18H18ClFN4O6S2. The summed E-state index contributed by atoms with van der Waals surface area (Å²) in [4.78, 5) is 42.9. The number of ketones is 1. The van der Waals surface area contributed by atoms with Gasteiger partial charge in [0.2, 0.25) is 0 Å². The summed E-state index contributed by atoms with van der Waals surface area (Å²) in [6.45, 7) is 1.37. The van der Waals surface area contributed by atoms with Crippen LogP contribution in [0.2, 0.25) is 5.02 Å². The molecule has 2 aromatic rings. The molecule has 0 spiro atoms. The molecule has 1 aromatic heterocycles. The topological polar surface area (TPSA) is 122 Å². The minimum Gasteiger partial charge on any atom is -0.381 e. The van der Waals surface area contributed by atoms with Gasteiger partial charge in [-0.15, -0.1) is 0 Å². The van der Waals surface area contributed by atoms with Gasteiger partial charge in [0.1, 0.15) is 11.6 Å². The molecule has 1 atom stereocenters. The van der Waals surface area contributed by atoms with Crippen molar-refractivity contribution in [3.8, 4) is 5.69 Å². The van der Waals surface area contributed by atoms with Gasteiger partial charge in [0, 0.05) is 32.3 Å².